The Labute approximate surface area is 202 Å². The average Bonchev–Trinajstić information content (AvgIpc) is 3.08. The highest BCUT2D eigenvalue weighted by molar-refractivity contribution is 8.26. The molecule has 0 unspecified atom stereocenters. The fourth-order valence-corrected chi connectivity index (χ4v) is 4.60. The molecule has 1 fully saturated rings. The van der Waals surface area contributed by atoms with E-state index in [1.807, 2.05) is 43.3 Å². The summed E-state index contributed by atoms with van der Waals surface area (Å²) in [6, 6.07) is 22.1. The normalized spacial score (nSPS) is 14.6. The van der Waals surface area contributed by atoms with E-state index >= 15 is 0 Å². The highest BCUT2D eigenvalue weighted by Gasteiger charge is 2.32. The van der Waals surface area contributed by atoms with E-state index in [2.05, 4.69) is 0 Å². The Kier molecular flexibility index (Phi) is 6.91. The van der Waals surface area contributed by atoms with Crippen molar-refractivity contribution in [1.29, 1.82) is 0 Å². The largest absolute Gasteiger partial charge is 0.493 e. The zero-order valence-electron chi connectivity index (χ0n) is 18.1. The summed E-state index contributed by atoms with van der Waals surface area (Å²) in [7, 11) is 1.50. The number of benzene rings is 3. The molecule has 5 nitrogen and oxygen atoms in total. The van der Waals surface area contributed by atoms with E-state index in [9.17, 15) is 9.59 Å². The van der Waals surface area contributed by atoms with Crippen LogP contribution >= 0.6 is 24.0 Å². The van der Waals surface area contributed by atoms with Crippen LogP contribution in [0.5, 0.6) is 11.5 Å². The summed E-state index contributed by atoms with van der Waals surface area (Å²) >= 11 is 6.69. The van der Waals surface area contributed by atoms with Gasteiger partial charge < -0.3 is 9.47 Å². The summed E-state index contributed by atoms with van der Waals surface area (Å²) in [5.74, 6) is 0.0941. The molecule has 166 valence electrons. The fraction of sp³-hybridized carbons (Fsp3) is 0.115. The van der Waals surface area contributed by atoms with Gasteiger partial charge in [-0.2, -0.15) is 0 Å². The van der Waals surface area contributed by atoms with E-state index in [1.54, 1.807) is 47.4 Å². The van der Waals surface area contributed by atoms with Gasteiger partial charge >= 0.3 is 5.97 Å². The number of nitrogens with zero attached hydrogens (tertiary/aromatic N) is 1. The van der Waals surface area contributed by atoms with Gasteiger partial charge in [-0.05, 0) is 48.4 Å². The SMILES string of the molecule is COc1cc(/C=C2/SC(=S)N(Cc3ccccc3)C2=O)ccc1OC(=O)c1cccc(C)c1. The lowest BCUT2D eigenvalue weighted by Crippen LogP contribution is -2.27. The second-order valence-electron chi connectivity index (χ2n) is 7.42. The lowest BCUT2D eigenvalue weighted by atomic mass is 10.1. The maximum Gasteiger partial charge on any atom is 0.343 e. The van der Waals surface area contributed by atoms with Crippen molar-refractivity contribution in [2.75, 3.05) is 7.11 Å². The smallest absolute Gasteiger partial charge is 0.343 e. The fourth-order valence-electron chi connectivity index (χ4n) is 3.34. The molecule has 1 saturated heterocycles. The summed E-state index contributed by atoms with van der Waals surface area (Å²) in [5.41, 5.74) is 3.18. The van der Waals surface area contributed by atoms with Crippen LogP contribution in [0.3, 0.4) is 0 Å². The number of amides is 1. The van der Waals surface area contributed by atoms with Gasteiger partial charge in [0.05, 0.1) is 24.1 Å². The van der Waals surface area contributed by atoms with Crippen LogP contribution in [0.25, 0.3) is 6.08 Å². The van der Waals surface area contributed by atoms with Crippen molar-refractivity contribution < 1.29 is 19.1 Å². The van der Waals surface area contributed by atoms with Gasteiger partial charge in [-0.25, -0.2) is 4.79 Å². The molecule has 1 amide bonds. The number of aryl methyl sites for hydroxylation is 1. The van der Waals surface area contributed by atoms with E-state index in [0.717, 1.165) is 16.7 Å². The number of thiocarbonyl (C=S) groups is 1. The molecule has 1 heterocycles. The quantitative estimate of drug-likeness (QED) is 0.200. The molecule has 0 N–H and O–H groups in total. The van der Waals surface area contributed by atoms with Crippen molar-refractivity contribution in [3.8, 4) is 11.5 Å². The summed E-state index contributed by atoms with van der Waals surface area (Å²) in [5, 5.41) is 0. The molecule has 0 bridgehead atoms. The molecule has 3 aromatic carbocycles. The molecule has 1 aliphatic rings. The molecule has 0 aromatic heterocycles. The van der Waals surface area contributed by atoms with Crippen molar-refractivity contribution in [2.45, 2.75) is 13.5 Å². The molecule has 0 spiro atoms. The minimum Gasteiger partial charge on any atom is -0.493 e. The van der Waals surface area contributed by atoms with Crippen molar-refractivity contribution in [3.05, 3.63) is 100.0 Å². The average molecular weight is 476 g/mol. The standard InChI is InChI=1S/C26H21NO4S2/c1-17-7-6-10-20(13-17)25(29)31-21-12-11-19(14-22(21)30-2)15-23-24(28)27(26(32)33-23)16-18-8-4-3-5-9-18/h3-15H,16H2,1-2H3/b23-15+. The van der Waals surface area contributed by atoms with E-state index in [0.29, 0.717) is 32.8 Å². The number of methoxy groups -OCH3 is 1. The van der Waals surface area contributed by atoms with Crippen LogP contribution < -0.4 is 9.47 Å². The molecule has 7 heteroatoms. The number of esters is 1. The van der Waals surface area contributed by atoms with Gasteiger partial charge in [0.1, 0.15) is 4.32 Å². The molecule has 4 rings (SSSR count). The molecule has 3 aromatic rings. The molecular weight excluding hydrogens is 454 g/mol. The number of carbonyl (C=O) groups excluding carboxylic acids is 2. The van der Waals surface area contributed by atoms with E-state index in [4.69, 9.17) is 21.7 Å². The first-order valence-electron chi connectivity index (χ1n) is 10.2. The highest BCUT2D eigenvalue weighted by Crippen LogP contribution is 2.35. The molecule has 0 atom stereocenters. The molecule has 0 saturated carbocycles. The first kappa shape index (κ1) is 22.8. The van der Waals surface area contributed by atoms with Crippen molar-refractivity contribution in [1.82, 2.24) is 4.90 Å². The third kappa shape index (κ3) is 5.32. The predicted molar refractivity (Wildman–Crippen MR) is 134 cm³/mol. The Hall–Kier alpha value is -3.42. The zero-order chi connectivity index (χ0) is 23.4. The Morgan fingerprint density at radius 1 is 1.03 bits per heavy atom. The van der Waals surface area contributed by atoms with Gasteiger partial charge in [0.2, 0.25) is 0 Å². The van der Waals surface area contributed by atoms with Gasteiger partial charge in [-0.1, -0.05) is 78.1 Å². The Morgan fingerprint density at radius 2 is 1.82 bits per heavy atom. The van der Waals surface area contributed by atoms with Crippen molar-refractivity contribution >= 4 is 46.3 Å². The monoisotopic (exact) mass is 475 g/mol. The summed E-state index contributed by atoms with van der Waals surface area (Å²) in [4.78, 5) is 27.6. The Balaban J connectivity index is 1.52. The van der Waals surface area contributed by atoms with Crippen molar-refractivity contribution in [2.24, 2.45) is 0 Å². The maximum absolute atomic E-state index is 12.9. The second kappa shape index (κ2) is 10.0. The predicted octanol–water partition coefficient (Wildman–Crippen LogP) is 5.62. The lowest BCUT2D eigenvalue weighted by Gasteiger charge is -2.14. The first-order chi connectivity index (χ1) is 15.9. The number of rotatable bonds is 6. The molecule has 0 radical (unpaired) electrons. The number of hydrogen-bond donors (Lipinski definition) is 0. The highest BCUT2D eigenvalue weighted by atomic mass is 32.2. The minimum absolute atomic E-state index is 0.136. The minimum atomic E-state index is -0.466. The van der Waals surface area contributed by atoms with E-state index in [-0.39, 0.29) is 5.91 Å². The van der Waals surface area contributed by atoms with Crippen LogP contribution in [0.4, 0.5) is 0 Å². The van der Waals surface area contributed by atoms with E-state index < -0.39 is 5.97 Å². The number of ether oxygens (including phenoxy) is 2. The van der Waals surface area contributed by atoms with Gasteiger partial charge in [0.25, 0.3) is 5.91 Å². The summed E-state index contributed by atoms with van der Waals surface area (Å²) in [6.07, 6.45) is 1.76. The van der Waals surface area contributed by atoms with Gasteiger partial charge in [0.15, 0.2) is 11.5 Å². The van der Waals surface area contributed by atoms with Crippen LogP contribution in [0.2, 0.25) is 0 Å². The Bertz CT molecular complexity index is 1250. The van der Waals surface area contributed by atoms with Crippen LogP contribution in [-0.2, 0) is 11.3 Å². The molecule has 33 heavy (non-hydrogen) atoms. The van der Waals surface area contributed by atoms with Gasteiger partial charge in [-0.3, -0.25) is 9.69 Å². The lowest BCUT2D eigenvalue weighted by molar-refractivity contribution is -0.122. The number of thioether (sulfide) groups is 1. The van der Waals surface area contributed by atoms with Crippen LogP contribution in [0.15, 0.2) is 77.7 Å². The first-order valence-corrected chi connectivity index (χ1v) is 11.4. The molecule has 1 aliphatic heterocycles. The third-order valence-corrected chi connectivity index (χ3v) is 6.38. The van der Waals surface area contributed by atoms with E-state index in [1.165, 1.54) is 18.9 Å². The second-order valence-corrected chi connectivity index (χ2v) is 9.10. The Morgan fingerprint density at radius 3 is 2.55 bits per heavy atom. The van der Waals surface area contributed by atoms with Crippen LogP contribution in [0.1, 0.15) is 27.0 Å². The zero-order valence-corrected chi connectivity index (χ0v) is 19.7. The van der Waals surface area contributed by atoms with Gasteiger partial charge in [-0.15, -0.1) is 0 Å². The van der Waals surface area contributed by atoms with Crippen LogP contribution in [-0.4, -0.2) is 28.2 Å². The maximum atomic E-state index is 12.9. The van der Waals surface area contributed by atoms with Crippen molar-refractivity contribution in [3.63, 3.8) is 0 Å². The third-order valence-electron chi connectivity index (χ3n) is 5.00. The summed E-state index contributed by atoms with van der Waals surface area (Å²) in [6.45, 7) is 2.34. The number of carbonyl (C=O) groups is 2. The van der Waals surface area contributed by atoms with Crippen LogP contribution in [0, 0.1) is 6.92 Å². The molecule has 0 aliphatic carbocycles. The number of hydrogen-bond acceptors (Lipinski definition) is 6. The molecular formula is C26H21NO4S2. The topological polar surface area (TPSA) is 55.8 Å². The van der Waals surface area contributed by atoms with Gasteiger partial charge in [0, 0.05) is 0 Å². The summed E-state index contributed by atoms with van der Waals surface area (Å²) < 4.78 is 11.5.